The molecular weight excluding hydrogens is 305 g/mol. The number of aliphatic hydroxyl groups is 1. The van der Waals surface area contributed by atoms with E-state index < -0.39 is 17.2 Å². The summed E-state index contributed by atoms with van der Waals surface area (Å²) in [5, 5.41) is 11.0. The summed E-state index contributed by atoms with van der Waals surface area (Å²) in [7, 11) is 0. The van der Waals surface area contributed by atoms with E-state index in [2.05, 4.69) is 0 Å². The van der Waals surface area contributed by atoms with Crippen LogP contribution in [0.4, 0.5) is 8.78 Å². The summed E-state index contributed by atoms with van der Waals surface area (Å²) in [6.07, 6.45) is 0.0404. The molecule has 1 nitrogen and oxygen atoms in total. The SMILES string of the molecule is OC(CCl)(Cc1ccccc1Cl)c1ccc(F)cc1F. The lowest BCUT2D eigenvalue weighted by molar-refractivity contribution is 0.0575. The molecule has 0 heterocycles. The third-order valence-electron chi connectivity index (χ3n) is 3.09. The third kappa shape index (κ3) is 3.11. The van der Waals surface area contributed by atoms with Gasteiger partial charge in [0.25, 0.3) is 0 Å². The van der Waals surface area contributed by atoms with Crippen molar-refractivity contribution in [2.75, 3.05) is 5.88 Å². The summed E-state index contributed by atoms with van der Waals surface area (Å²) in [6, 6.07) is 9.92. The second-order valence-electron chi connectivity index (χ2n) is 4.56. The number of hydrogen-bond donors (Lipinski definition) is 1. The predicted molar refractivity (Wildman–Crippen MR) is 76.1 cm³/mol. The third-order valence-corrected chi connectivity index (χ3v) is 3.91. The van der Waals surface area contributed by atoms with Gasteiger partial charge in [0.15, 0.2) is 0 Å². The summed E-state index contributed by atoms with van der Waals surface area (Å²) in [5.41, 5.74) is -1.06. The molecule has 1 atom stereocenters. The lowest BCUT2D eigenvalue weighted by atomic mass is 9.88. The molecule has 0 saturated carbocycles. The second-order valence-corrected chi connectivity index (χ2v) is 5.23. The van der Waals surface area contributed by atoms with Crippen LogP contribution >= 0.6 is 23.2 Å². The van der Waals surface area contributed by atoms with Gasteiger partial charge in [-0.05, 0) is 17.7 Å². The van der Waals surface area contributed by atoms with Crippen LogP contribution in [0, 0.1) is 11.6 Å². The van der Waals surface area contributed by atoms with Gasteiger partial charge < -0.3 is 5.11 Å². The summed E-state index contributed by atoms with van der Waals surface area (Å²) in [5.74, 6) is -1.78. The van der Waals surface area contributed by atoms with Gasteiger partial charge in [0.1, 0.15) is 17.2 Å². The summed E-state index contributed by atoms with van der Waals surface area (Å²) < 4.78 is 26.8. The highest BCUT2D eigenvalue weighted by Crippen LogP contribution is 2.31. The molecule has 0 fully saturated rings. The number of rotatable bonds is 4. The molecule has 20 heavy (non-hydrogen) atoms. The van der Waals surface area contributed by atoms with E-state index in [1.807, 2.05) is 0 Å². The largest absolute Gasteiger partial charge is 0.383 e. The highest BCUT2D eigenvalue weighted by atomic mass is 35.5. The first-order chi connectivity index (χ1) is 9.46. The molecule has 1 N–H and O–H groups in total. The van der Waals surface area contributed by atoms with Gasteiger partial charge in [0.2, 0.25) is 0 Å². The minimum atomic E-state index is -1.65. The van der Waals surface area contributed by atoms with E-state index in [1.54, 1.807) is 24.3 Å². The monoisotopic (exact) mass is 316 g/mol. The Bertz CT molecular complexity index is 619. The predicted octanol–water partition coefficient (Wildman–Crippen LogP) is 4.29. The van der Waals surface area contributed by atoms with Crippen molar-refractivity contribution in [3.63, 3.8) is 0 Å². The first-order valence-electron chi connectivity index (χ1n) is 5.93. The zero-order chi connectivity index (χ0) is 14.8. The van der Waals surface area contributed by atoms with Crippen LogP contribution in [0.25, 0.3) is 0 Å². The quantitative estimate of drug-likeness (QED) is 0.834. The van der Waals surface area contributed by atoms with Gasteiger partial charge in [-0.3, -0.25) is 0 Å². The van der Waals surface area contributed by atoms with Crippen molar-refractivity contribution in [2.45, 2.75) is 12.0 Å². The van der Waals surface area contributed by atoms with Crippen molar-refractivity contribution >= 4 is 23.2 Å². The standard InChI is InChI=1S/C15H12Cl2F2O/c16-9-15(20,8-10-3-1-2-4-13(10)17)12-6-5-11(18)7-14(12)19/h1-7,20H,8-9H2. The van der Waals surface area contributed by atoms with Crippen molar-refractivity contribution in [1.82, 2.24) is 0 Å². The molecule has 0 saturated heterocycles. The second kappa shape index (κ2) is 6.08. The molecule has 0 aliphatic carbocycles. The fourth-order valence-electron chi connectivity index (χ4n) is 2.04. The summed E-state index contributed by atoms with van der Waals surface area (Å²) in [4.78, 5) is 0. The molecule has 0 amide bonds. The molecule has 2 aromatic carbocycles. The van der Waals surface area contributed by atoms with E-state index in [-0.39, 0.29) is 17.9 Å². The maximum atomic E-state index is 13.8. The van der Waals surface area contributed by atoms with Crippen LogP contribution in [-0.4, -0.2) is 11.0 Å². The Morgan fingerprint density at radius 1 is 1.10 bits per heavy atom. The average molecular weight is 317 g/mol. The molecule has 0 spiro atoms. The van der Waals surface area contributed by atoms with Crippen LogP contribution in [-0.2, 0) is 12.0 Å². The minimum Gasteiger partial charge on any atom is -0.383 e. The van der Waals surface area contributed by atoms with Gasteiger partial charge in [0, 0.05) is 23.1 Å². The van der Waals surface area contributed by atoms with E-state index in [9.17, 15) is 13.9 Å². The minimum absolute atomic E-state index is 0.0404. The zero-order valence-corrected chi connectivity index (χ0v) is 11.9. The normalized spacial score (nSPS) is 14.1. The van der Waals surface area contributed by atoms with Crippen LogP contribution < -0.4 is 0 Å². The first kappa shape index (κ1) is 15.2. The molecule has 0 aromatic heterocycles. The molecule has 0 aliphatic heterocycles. The maximum Gasteiger partial charge on any atom is 0.132 e. The van der Waals surface area contributed by atoms with Crippen molar-refractivity contribution in [3.8, 4) is 0 Å². The molecule has 106 valence electrons. The fraction of sp³-hybridized carbons (Fsp3) is 0.200. The van der Waals surface area contributed by atoms with Crippen molar-refractivity contribution in [2.24, 2.45) is 0 Å². The van der Waals surface area contributed by atoms with Crippen LogP contribution in [0.2, 0.25) is 5.02 Å². The molecule has 2 aromatic rings. The molecule has 1 unspecified atom stereocenters. The van der Waals surface area contributed by atoms with E-state index >= 15 is 0 Å². The van der Waals surface area contributed by atoms with Gasteiger partial charge in [0.05, 0.1) is 5.88 Å². The Morgan fingerprint density at radius 3 is 2.40 bits per heavy atom. The summed E-state index contributed by atoms with van der Waals surface area (Å²) in [6.45, 7) is 0. The van der Waals surface area contributed by atoms with E-state index in [1.165, 1.54) is 6.07 Å². The lowest BCUT2D eigenvalue weighted by Crippen LogP contribution is -2.32. The zero-order valence-electron chi connectivity index (χ0n) is 10.4. The van der Waals surface area contributed by atoms with Crippen LogP contribution in [0.1, 0.15) is 11.1 Å². The maximum absolute atomic E-state index is 13.8. The van der Waals surface area contributed by atoms with Crippen molar-refractivity contribution in [1.29, 1.82) is 0 Å². The fourth-order valence-corrected chi connectivity index (χ4v) is 2.48. The van der Waals surface area contributed by atoms with Gasteiger partial charge in [-0.1, -0.05) is 35.9 Å². The van der Waals surface area contributed by atoms with E-state index in [4.69, 9.17) is 23.2 Å². The van der Waals surface area contributed by atoms with E-state index in [0.717, 1.165) is 12.1 Å². The average Bonchev–Trinajstić information content (AvgIpc) is 2.41. The summed E-state index contributed by atoms with van der Waals surface area (Å²) >= 11 is 11.8. The van der Waals surface area contributed by atoms with Crippen LogP contribution in [0.15, 0.2) is 42.5 Å². The Labute approximate surface area is 125 Å². The van der Waals surface area contributed by atoms with Crippen molar-refractivity contribution in [3.05, 3.63) is 70.2 Å². The Morgan fingerprint density at radius 2 is 1.80 bits per heavy atom. The van der Waals surface area contributed by atoms with Gasteiger partial charge in [-0.15, -0.1) is 11.6 Å². The molecule has 2 rings (SSSR count). The van der Waals surface area contributed by atoms with Gasteiger partial charge in [-0.2, -0.15) is 0 Å². The highest BCUT2D eigenvalue weighted by Gasteiger charge is 2.32. The van der Waals surface area contributed by atoms with Crippen LogP contribution in [0.3, 0.4) is 0 Å². The number of halogens is 4. The smallest absolute Gasteiger partial charge is 0.132 e. The molecular formula is C15H12Cl2F2O. The molecule has 0 bridgehead atoms. The van der Waals surface area contributed by atoms with Crippen molar-refractivity contribution < 1.29 is 13.9 Å². The van der Waals surface area contributed by atoms with Crippen LogP contribution in [0.5, 0.6) is 0 Å². The highest BCUT2D eigenvalue weighted by molar-refractivity contribution is 6.31. The molecule has 0 radical (unpaired) electrons. The topological polar surface area (TPSA) is 20.2 Å². The first-order valence-corrected chi connectivity index (χ1v) is 6.85. The Kier molecular flexibility index (Phi) is 4.63. The van der Waals surface area contributed by atoms with Gasteiger partial charge in [-0.25, -0.2) is 8.78 Å². The lowest BCUT2D eigenvalue weighted by Gasteiger charge is -2.27. The van der Waals surface area contributed by atoms with E-state index in [0.29, 0.717) is 10.6 Å². The number of benzene rings is 2. The Balaban J connectivity index is 2.41. The van der Waals surface area contributed by atoms with Gasteiger partial charge >= 0.3 is 0 Å². The number of hydrogen-bond acceptors (Lipinski definition) is 1. The molecule has 5 heteroatoms. The molecule has 0 aliphatic rings. The Hall–Kier alpha value is -1.16. The number of alkyl halides is 1.